The minimum Gasteiger partial charge on any atom is -0.391 e. The van der Waals surface area contributed by atoms with E-state index in [0.717, 1.165) is 31.4 Å². The molecule has 0 unspecified atom stereocenters. The van der Waals surface area contributed by atoms with Crippen LogP contribution in [-0.2, 0) is 0 Å². The van der Waals surface area contributed by atoms with Gasteiger partial charge in [0.05, 0.1) is 22.3 Å². The van der Waals surface area contributed by atoms with Crippen LogP contribution in [0.25, 0.3) is 0 Å². The summed E-state index contributed by atoms with van der Waals surface area (Å²) in [5.74, 6) is 0.503. The zero-order valence-corrected chi connectivity index (χ0v) is 12.1. The second-order valence-corrected chi connectivity index (χ2v) is 5.93. The van der Waals surface area contributed by atoms with Crippen molar-refractivity contribution in [3.05, 3.63) is 17.5 Å². The van der Waals surface area contributed by atoms with E-state index >= 15 is 0 Å². The van der Waals surface area contributed by atoms with Crippen LogP contribution in [0.5, 0.6) is 0 Å². The number of aromatic nitrogens is 2. The predicted molar refractivity (Wildman–Crippen MR) is 77.9 cm³/mol. The Labute approximate surface area is 118 Å². The molecule has 1 heterocycles. The fourth-order valence-corrected chi connectivity index (χ4v) is 2.81. The van der Waals surface area contributed by atoms with Gasteiger partial charge in [0, 0.05) is 5.69 Å². The highest BCUT2D eigenvalue weighted by Crippen LogP contribution is 2.32. The number of rotatable bonds is 3. The molecule has 0 atom stereocenters. The van der Waals surface area contributed by atoms with Crippen molar-refractivity contribution in [1.29, 1.82) is 0 Å². The van der Waals surface area contributed by atoms with Gasteiger partial charge < -0.3 is 11.1 Å². The van der Waals surface area contributed by atoms with E-state index in [1.807, 2.05) is 6.92 Å². The third-order valence-electron chi connectivity index (χ3n) is 4.03. The number of aryl methyl sites for hydroxylation is 1. The Morgan fingerprint density at radius 1 is 1.58 bits per heavy atom. The lowest BCUT2D eigenvalue weighted by Gasteiger charge is -2.39. The second-order valence-electron chi connectivity index (χ2n) is 5.49. The predicted octanol–water partition coefficient (Wildman–Crippen LogP) is 1.68. The van der Waals surface area contributed by atoms with Gasteiger partial charge in [-0.05, 0) is 38.5 Å². The summed E-state index contributed by atoms with van der Waals surface area (Å²) in [6.07, 6.45) is 5.21. The van der Waals surface area contributed by atoms with Crippen LogP contribution in [0, 0.1) is 12.8 Å². The van der Waals surface area contributed by atoms with Gasteiger partial charge in [-0.3, -0.25) is 9.89 Å². The van der Waals surface area contributed by atoms with E-state index in [-0.39, 0.29) is 5.91 Å². The third-order valence-corrected chi connectivity index (χ3v) is 4.42. The summed E-state index contributed by atoms with van der Waals surface area (Å²) in [5, 5.41) is 9.66. The van der Waals surface area contributed by atoms with Crippen LogP contribution in [-0.4, -0.2) is 26.6 Å². The van der Waals surface area contributed by atoms with Crippen LogP contribution in [0.2, 0.25) is 0 Å². The molecule has 0 aliphatic heterocycles. The maximum absolute atomic E-state index is 12.3. The van der Waals surface area contributed by atoms with Crippen molar-refractivity contribution < 1.29 is 4.79 Å². The van der Waals surface area contributed by atoms with E-state index in [9.17, 15) is 4.79 Å². The van der Waals surface area contributed by atoms with E-state index in [2.05, 4.69) is 22.4 Å². The number of thiocarbonyl (C=S) groups is 1. The van der Waals surface area contributed by atoms with E-state index in [4.69, 9.17) is 18.0 Å². The number of nitrogens with one attached hydrogen (secondary N) is 2. The van der Waals surface area contributed by atoms with Crippen LogP contribution in [0.3, 0.4) is 0 Å². The van der Waals surface area contributed by atoms with Crippen molar-refractivity contribution in [2.24, 2.45) is 11.7 Å². The Hall–Kier alpha value is -1.43. The molecule has 0 aromatic carbocycles. The molecule has 0 saturated heterocycles. The first kappa shape index (κ1) is 14.0. The lowest BCUT2D eigenvalue weighted by atomic mass is 9.77. The van der Waals surface area contributed by atoms with Gasteiger partial charge in [-0.25, -0.2) is 0 Å². The minimum absolute atomic E-state index is 0.159. The van der Waals surface area contributed by atoms with Crippen LogP contribution in [0.1, 0.15) is 48.7 Å². The highest BCUT2D eigenvalue weighted by molar-refractivity contribution is 7.80. The fourth-order valence-electron chi connectivity index (χ4n) is 2.55. The van der Waals surface area contributed by atoms with Gasteiger partial charge >= 0.3 is 0 Å². The van der Waals surface area contributed by atoms with Gasteiger partial charge in [0.1, 0.15) is 0 Å². The average molecular weight is 280 g/mol. The minimum atomic E-state index is -0.539. The molecule has 0 spiro atoms. The molecule has 1 aromatic rings. The van der Waals surface area contributed by atoms with Crippen molar-refractivity contribution in [2.45, 2.75) is 45.1 Å². The SMILES string of the molecule is Cc1[nH]ncc1C(=O)NC1(C(N)=S)CCC(C)CC1. The Balaban J connectivity index is 2.16. The number of nitrogens with two attached hydrogens (primary N) is 1. The van der Waals surface area contributed by atoms with Crippen molar-refractivity contribution in [1.82, 2.24) is 15.5 Å². The molecular weight excluding hydrogens is 260 g/mol. The first-order chi connectivity index (χ1) is 8.94. The number of hydrogen-bond acceptors (Lipinski definition) is 3. The molecular formula is C13H20N4OS. The van der Waals surface area contributed by atoms with Gasteiger partial charge in [0.2, 0.25) is 0 Å². The summed E-state index contributed by atoms with van der Waals surface area (Å²) in [4.78, 5) is 12.7. The van der Waals surface area contributed by atoms with Gasteiger partial charge in [-0.15, -0.1) is 0 Å². The Morgan fingerprint density at radius 3 is 2.68 bits per heavy atom. The summed E-state index contributed by atoms with van der Waals surface area (Å²) < 4.78 is 0. The highest BCUT2D eigenvalue weighted by atomic mass is 32.1. The molecule has 19 heavy (non-hydrogen) atoms. The molecule has 1 saturated carbocycles. The van der Waals surface area contributed by atoms with Crippen molar-refractivity contribution in [3.8, 4) is 0 Å². The molecule has 1 aromatic heterocycles. The van der Waals surface area contributed by atoms with Gasteiger partial charge in [-0.2, -0.15) is 5.10 Å². The monoisotopic (exact) mass is 280 g/mol. The molecule has 2 rings (SSSR count). The smallest absolute Gasteiger partial charge is 0.255 e. The van der Waals surface area contributed by atoms with E-state index in [1.165, 1.54) is 6.20 Å². The van der Waals surface area contributed by atoms with Gasteiger partial charge in [-0.1, -0.05) is 19.1 Å². The molecule has 104 valence electrons. The topological polar surface area (TPSA) is 83.8 Å². The quantitative estimate of drug-likeness (QED) is 0.736. The summed E-state index contributed by atoms with van der Waals surface area (Å²) in [6, 6.07) is 0. The first-order valence-corrected chi connectivity index (χ1v) is 6.98. The molecule has 0 bridgehead atoms. The number of carbonyl (C=O) groups is 1. The van der Waals surface area contributed by atoms with Gasteiger partial charge in [0.25, 0.3) is 5.91 Å². The molecule has 5 nitrogen and oxygen atoms in total. The molecule has 1 fully saturated rings. The summed E-state index contributed by atoms with van der Waals surface area (Å²) in [6.45, 7) is 4.03. The largest absolute Gasteiger partial charge is 0.391 e. The third kappa shape index (κ3) is 2.78. The fraction of sp³-hybridized carbons (Fsp3) is 0.615. The molecule has 0 radical (unpaired) electrons. The van der Waals surface area contributed by atoms with Crippen molar-refractivity contribution >= 4 is 23.1 Å². The van der Waals surface area contributed by atoms with Crippen LogP contribution in [0.15, 0.2) is 6.20 Å². The number of H-pyrrole nitrogens is 1. The number of aromatic amines is 1. The standard InChI is InChI=1S/C13H20N4OS/c1-8-3-5-13(6-4-8,12(14)19)16-11(18)10-7-15-17-9(10)2/h7-8H,3-6H2,1-2H3,(H2,14,19)(H,15,17)(H,16,18). The number of nitrogens with zero attached hydrogens (tertiary/aromatic N) is 1. The van der Waals surface area contributed by atoms with Crippen LogP contribution >= 0.6 is 12.2 Å². The molecule has 4 N–H and O–H groups in total. The zero-order chi connectivity index (χ0) is 14.0. The van der Waals surface area contributed by atoms with Gasteiger partial charge in [0.15, 0.2) is 0 Å². The van der Waals surface area contributed by atoms with Crippen molar-refractivity contribution in [3.63, 3.8) is 0 Å². The Kier molecular flexibility index (Phi) is 3.89. The molecule has 1 amide bonds. The molecule has 6 heteroatoms. The van der Waals surface area contributed by atoms with Crippen LogP contribution < -0.4 is 11.1 Å². The number of carbonyl (C=O) groups excluding carboxylic acids is 1. The first-order valence-electron chi connectivity index (χ1n) is 6.57. The Morgan fingerprint density at radius 2 is 2.21 bits per heavy atom. The lowest BCUT2D eigenvalue weighted by molar-refractivity contribution is 0.0900. The normalized spacial score (nSPS) is 26.9. The second kappa shape index (κ2) is 5.28. The maximum Gasteiger partial charge on any atom is 0.255 e. The number of amides is 1. The summed E-state index contributed by atoms with van der Waals surface area (Å²) >= 11 is 5.19. The lowest BCUT2D eigenvalue weighted by Crippen LogP contribution is -2.58. The zero-order valence-electron chi connectivity index (χ0n) is 11.3. The summed E-state index contributed by atoms with van der Waals surface area (Å²) in [7, 11) is 0. The number of hydrogen-bond donors (Lipinski definition) is 3. The van der Waals surface area contributed by atoms with Crippen LogP contribution in [0.4, 0.5) is 0 Å². The average Bonchev–Trinajstić information content (AvgIpc) is 2.78. The molecule has 1 aliphatic carbocycles. The highest BCUT2D eigenvalue weighted by Gasteiger charge is 2.38. The van der Waals surface area contributed by atoms with E-state index < -0.39 is 5.54 Å². The molecule has 1 aliphatic rings. The van der Waals surface area contributed by atoms with Crippen molar-refractivity contribution in [2.75, 3.05) is 0 Å². The maximum atomic E-state index is 12.3. The Bertz CT molecular complexity index is 489. The van der Waals surface area contributed by atoms with E-state index in [0.29, 0.717) is 16.5 Å². The van der Waals surface area contributed by atoms with E-state index in [1.54, 1.807) is 0 Å². The summed E-state index contributed by atoms with van der Waals surface area (Å²) in [5.41, 5.74) is 6.64.